The highest BCUT2D eigenvalue weighted by Gasteiger charge is 2.22. The van der Waals surface area contributed by atoms with E-state index in [0.717, 1.165) is 47.4 Å². The Morgan fingerprint density at radius 2 is 2.04 bits per heavy atom. The molecule has 4 rings (SSSR count). The first-order valence-electron chi connectivity index (χ1n) is 7.96. The van der Waals surface area contributed by atoms with Gasteiger partial charge in [-0.2, -0.15) is 5.10 Å². The molecule has 0 aliphatic carbocycles. The summed E-state index contributed by atoms with van der Waals surface area (Å²) in [7, 11) is 0. The van der Waals surface area contributed by atoms with Crippen molar-refractivity contribution in [1.29, 1.82) is 0 Å². The number of amides is 1. The van der Waals surface area contributed by atoms with Crippen molar-refractivity contribution in [2.45, 2.75) is 6.42 Å². The summed E-state index contributed by atoms with van der Waals surface area (Å²) in [6.45, 7) is 1.61. The van der Waals surface area contributed by atoms with Gasteiger partial charge in [0.05, 0.1) is 17.1 Å². The lowest BCUT2D eigenvalue weighted by Crippen LogP contribution is -2.24. The van der Waals surface area contributed by atoms with Gasteiger partial charge in [-0.3, -0.25) is 9.89 Å². The van der Waals surface area contributed by atoms with E-state index in [-0.39, 0.29) is 17.6 Å². The van der Waals surface area contributed by atoms with Crippen LogP contribution in [0.2, 0.25) is 0 Å². The number of anilines is 1. The molecule has 0 radical (unpaired) electrons. The minimum absolute atomic E-state index is 0.0154. The summed E-state index contributed by atoms with van der Waals surface area (Å²) < 4.78 is 13.1. The second-order valence-electron chi connectivity index (χ2n) is 6.02. The Balaban J connectivity index is 1.65. The van der Waals surface area contributed by atoms with Crippen molar-refractivity contribution in [2.75, 3.05) is 18.4 Å². The SMILES string of the molecule is O=C(Nc1ccc2[nH]nc(-c3ccc(F)cc3)c2c1)[C@@H]1CCNC1. The van der Waals surface area contributed by atoms with Gasteiger partial charge in [-0.25, -0.2) is 4.39 Å². The Morgan fingerprint density at radius 3 is 2.79 bits per heavy atom. The number of nitrogens with zero attached hydrogens (tertiary/aromatic N) is 1. The van der Waals surface area contributed by atoms with Crippen LogP contribution in [-0.2, 0) is 4.79 Å². The zero-order valence-corrected chi connectivity index (χ0v) is 13.0. The van der Waals surface area contributed by atoms with E-state index in [4.69, 9.17) is 0 Å². The summed E-state index contributed by atoms with van der Waals surface area (Å²) >= 11 is 0. The predicted molar refractivity (Wildman–Crippen MR) is 91.1 cm³/mol. The molecule has 1 fully saturated rings. The van der Waals surface area contributed by atoms with Crippen LogP contribution in [0.5, 0.6) is 0 Å². The van der Waals surface area contributed by atoms with E-state index >= 15 is 0 Å². The van der Waals surface area contributed by atoms with Crippen LogP contribution in [-0.4, -0.2) is 29.2 Å². The Labute approximate surface area is 138 Å². The maximum atomic E-state index is 13.1. The summed E-state index contributed by atoms with van der Waals surface area (Å²) in [6.07, 6.45) is 0.862. The molecule has 0 bridgehead atoms. The molecule has 1 atom stereocenters. The molecule has 2 heterocycles. The van der Waals surface area contributed by atoms with Crippen LogP contribution >= 0.6 is 0 Å². The van der Waals surface area contributed by atoms with E-state index in [2.05, 4.69) is 20.8 Å². The van der Waals surface area contributed by atoms with Crippen molar-refractivity contribution >= 4 is 22.5 Å². The van der Waals surface area contributed by atoms with Crippen molar-refractivity contribution in [3.63, 3.8) is 0 Å². The Hall–Kier alpha value is -2.73. The fourth-order valence-electron chi connectivity index (χ4n) is 3.04. The molecule has 5 nitrogen and oxygen atoms in total. The van der Waals surface area contributed by atoms with Crippen LogP contribution in [0.25, 0.3) is 22.2 Å². The number of fused-ring (bicyclic) bond motifs is 1. The number of benzene rings is 2. The van der Waals surface area contributed by atoms with Crippen LogP contribution in [0.4, 0.5) is 10.1 Å². The van der Waals surface area contributed by atoms with Crippen molar-refractivity contribution in [2.24, 2.45) is 5.92 Å². The average molecular weight is 324 g/mol. The molecule has 1 amide bonds. The number of nitrogens with one attached hydrogen (secondary N) is 3. The van der Waals surface area contributed by atoms with Gasteiger partial charge in [-0.1, -0.05) is 0 Å². The number of H-pyrrole nitrogens is 1. The molecule has 1 saturated heterocycles. The fourth-order valence-corrected chi connectivity index (χ4v) is 3.04. The average Bonchev–Trinajstić information content (AvgIpc) is 3.25. The molecule has 122 valence electrons. The molecule has 3 N–H and O–H groups in total. The number of halogens is 1. The molecule has 0 unspecified atom stereocenters. The molecule has 0 spiro atoms. The van der Waals surface area contributed by atoms with Crippen molar-refractivity contribution in [1.82, 2.24) is 15.5 Å². The van der Waals surface area contributed by atoms with Crippen LogP contribution in [0.1, 0.15) is 6.42 Å². The summed E-state index contributed by atoms with van der Waals surface area (Å²) in [5, 5.41) is 14.4. The number of hydrogen-bond acceptors (Lipinski definition) is 3. The van der Waals surface area contributed by atoms with Gasteiger partial charge in [0, 0.05) is 23.2 Å². The molecule has 1 aromatic heterocycles. The lowest BCUT2D eigenvalue weighted by molar-refractivity contribution is -0.119. The Morgan fingerprint density at radius 1 is 1.21 bits per heavy atom. The van der Waals surface area contributed by atoms with Gasteiger partial charge in [-0.05, 0) is 55.4 Å². The van der Waals surface area contributed by atoms with E-state index in [1.165, 1.54) is 12.1 Å². The number of carbonyl (C=O) groups is 1. The van der Waals surface area contributed by atoms with Crippen LogP contribution in [0, 0.1) is 11.7 Å². The Bertz CT molecular complexity index is 882. The van der Waals surface area contributed by atoms with E-state index in [0.29, 0.717) is 0 Å². The fraction of sp³-hybridized carbons (Fsp3) is 0.222. The maximum Gasteiger partial charge on any atom is 0.228 e. The maximum absolute atomic E-state index is 13.1. The topological polar surface area (TPSA) is 69.8 Å². The summed E-state index contributed by atoms with van der Waals surface area (Å²) in [6, 6.07) is 11.9. The second-order valence-corrected chi connectivity index (χ2v) is 6.02. The van der Waals surface area contributed by atoms with E-state index in [1.807, 2.05) is 18.2 Å². The summed E-state index contributed by atoms with van der Waals surface area (Å²) in [5.74, 6) is -0.232. The van der Waals surface area contributed by atoms with Crippen molar-refractivity contribution < 1.29 is 9.18 Å². The minimum atomic E-state index is -0.281. The third-order valence-corrected chi connectivity index (χ3v) is 4.38. The number of hydrogen-bond donors (Lipinski definition) is 3. The summed E-state index contributed by atoms with van der Waals surface area (Å²) in [5.41, 5.74) is 3.17. The number of aromatic nitrogens is 2. The third-order valence-electron chi connectivity index (χ3n) is 4.38. The molecule has 24 heavy (non-hydrogen) atoms. The first-order valence-corrected chi connectivity index (χ1v) is 7.96. The van der Waals surface area contributed by atoms with Crippen LogP contribution in [0.3, 0.4) is 0 Å². The van der Waals surface area contributed by atoms with Crippen LogP contribution in [0.15, 0.2) is 42.5 Å². The van der Waals surface area contributed by atoms with Gasteiger partial charge in [-0.15, -0.1) is 0 Å². The molecule has 1 aliphatic rings. The number of aromatic amines is 1. The normalized spacial score (nSPS) is 17.3. The Kier molecular flexibility index (Phi) is 3.74. The van der Waals surface area contributed by atoms with Gasteiger partial charge < -0.3 is 10.6 Å². The highest BCUT2D eigenvalue weighted by atomic mass is 19.1. The van der Waals surface area contributed by atoms with Gasteiger partial charge >= 0.3 is 0 Å². The smallest absolute Gasteiger partial charge is 0.228 e. The standard InChI is InChI=1S/C18H17FN4O/c19-13-3-1-11(2-4-13)17-15-9-14(5-6-16(15)22-23-17)21-18(24)12-7-8-20-10-12/h1-6,9,12,20H,7-8,10H2,(H,21,24)(H,22,23)/t12-/m1/s1. The minimum Gasteiger partial charge on any atom is -0.326 e. The largest absolute Gasteiger partial charge is 0.326 e. The van der Waals surface area contributed by atoms with E-state index < -0.39 is 0 Å². The molecule has 1 aliphatic heterocycles. The monoisotopic (exact) mass is 324 g/mol. The zero-order valence-electron chi connectivity index (χ0n) is 13.0. The second kappa shape index (κ2) is 6.05. The number of rotatable bonds is 3. The van der Waals surface area contributed by atoms with E-state index in [9.17, 15) is 9.18 Å². The molecule has 6 heteroatoms. The molecular weight excluding hydrogens is 307 g/mol. The lowest BCUT2D eigenvalue weighted by atomic mass is 10.1. The van der Waals surface area contributed by atoms with E-state index in [1.54, 1.807) is 12.1 Å². The number of carbonyl (C=O) groups excluding carboxylic acids is 1. The van der Waals surface area contributed by atoms with Crippen LogP contribution < -0.4 is 10.6 Å². The van der Waals surface area contributed by atoms with Gasteiger partial charge in [0.25, 0.3) is 0 Å². The highest BCUT2D eigenvalue weighted by Crippen LogP contribution is 2.28. The first kappa shape index (κ1) is 14.8. The predicted octanol–water partition coefficient (Wildman–Crippen LogP) is 2.92. The highest BCUT2D eigenvalue weighted by molar-refractivity contribution is 5.99. The van der Waals surface area contributed by atoms with Gasteiger partial charge in [0.15, 0.2) is 0 Å². The first-order chi connectivity index (χ1) is 11.7. The lowest BCUT2D eigenvalue weighted by Gasteiger charge is -2.10. The van der Waals surface area contributed by atoms with Gasteiger partial charge in [0.1, 0.15) is 5.82 Å². The van der Waals surface area contributed by atoms with Crippen molar-refractivity contribution in [3.05, 3.63) is 48.3 Å². The summed E-state index contributed by atoms with van der Waals surface area (Å²) in [4.78, 5) is 12.3. The molecular formula is C18H17FN4O. The quantitative estimate of drug-likeness (QED) is 0.694. The van der Waals surface area contributed by atoms with Gasteiger partial charge in [0.2, 0.25) is 5.91 Å². The molecule has 3 aromatic rings. The molecule has 2 aromatic carbocycles. The molecule has 0 saturated carbocycles. The third kappa shape index (κ3) is 2.76. The zero-order chi connectivity index (χ0) is 16.5. The van der Waals surface area contributed by atoms with Crippen molar-refractivity contribution in [3.8, 4) is 11.3 Å².